The van der Waals surface area contributed by atoms with Crippen molar-refractivity contribution in [2.24, 2.45) is 5.73 Å². The fourth-order valence-electron chi connectivity index (χ4n) is 2.28. The molecule has 1 aromatic carbocycles. The molecule has 0 radical (unpaired) electrons. The summed E-state index contributed by atoms with van der Waals surface area (Å²) in [5.41, 5.74) is 7.68. The Kier molecular flexibility index (Phi) is 13.8. The predicted molar refractivity (Wildman–Crippen MR) is 117 cm³/mol. The topological polar surface area (TPSA) is 76.4 Å². The number of amides is 1. The number of benzene rings is 1. The third-order valence-electron chi connectivity index (χ3n) is 3.64. The summed E-state index contributed by atoms with van der Waals surface area (Å²) in [7, 11) is 0. The summed E-state index contributed by atoms with van der Waals surface area (Å²) >= 11 is 8.62. The van der Waals surface area contributed by atoms with Crippen LogP contribution < -0.4 is 21.1 Å². The molecule has 7 heteroatoms. The van der Waals surface area contributed by atoms with Crippen molar-refractivity contribution in [2.75, 3.05) is 19.7 Å². The van der Waals surface area contributed by atoms with Crippen LogP contribution in [0.15, 0.2) is 30.6 Å². The number of hydrogen-bond acceptors (Lipinski definition) is 6. The molecule has 0 heterocycles. The first kappa shape index (κ1) is 24.5. The van der Waals surface area contributed by atoms with Gasteiger partial charge in [-0.05, 0) is 36.1 Å². The van der Waals surface area contributed by atoms with E-state index in [1.165, 1.54) is 0 Å². The van der Waals surface area contributed by atoms with Crippen molar-refractivity contribution in [1.29, 1.82) is 0 Å². The molecular weight excluding hydrogens is 366 g/mol. The first-order valence-corrected chi connectivity index (χ1v) is 9.74. The second-order valence-electron chi connectivity index (χ2n) is 5.71. The van der Waals surface area contributed by atoms with Gasteiger partial charge in [-0.1, -0.05) is 26.5 Å². The molecule has 4 N–H and O–H groups in total. The van der Waals surface area contributed by atoms with Crippen molar-refractivity contribution >= 4 is 31.2 Å². The minimum absolute atomic E-state index is 0. The van der Waals surface area contributed by atoms with Gasteiger partial charge >= 0.3 is 0 Å². The van der Waals surface area contributed by atoms with Crippen LogP contribution in [0.25, 0.3) is 0 Å². The van der Waals surface area contributed by atoms with E-state index < -0.39 is 0 Å². The molecule has 0 atom stereocenters. The molecule has 148 valence electrons. The normalized spacial score (nSPS) is 9.92. The maximum absolute atomic E-state index is 11.7. The number of carbonyl (C=O) groups excluding carboxylic acids is 1. The van der Waals surface area contributed by atoms with E-state index in [0.717, 1.165) is 42.7 Å². The van der Waals surface area contributed by atoms with Crippen LogP contribution in [-0.4, -0.2) is 25.6 Å². The minimum atomic E-state index is 0. The van der Waals surface area contributed by atoms with Gasteiger partial charge in [-0.25, -0.2) is 0 Å². The van der Waals surface area contributed by atoms with Gasteiger partial charge in [0, 0.05) is 24.5 Å². The van der Waals surface area contributed by atoms with Crippen molar-refractivity contribution in [3.63, 3.8) is 0 Å². The lowest BCUT2D eigenvalue weighted by atomic mass is 10.1. The van der Waals surface area contributed by atoms with Crippen LogP contribution in [-0.2, 0) is 16.3 Å². The van der Waals surface area contributed by atoms with E-state index in [4.69, 9.17) is 10.5 Å². The molecular formula is C19H33N3O2S2. The summed E-state index contributed by atoms with van der Waals surface area (Å²) in [6.45, 7) is 5.31. The average Bonchev–Trinajstić information content (AvgIpc) is 2.61. The zero-order valence-corrected chi connectivity index (χ0v) is 16.4. The van der Waals surface area contributed by atoms with Crippen molar-refractivity contribution < 1.29 is 9.53 Å². The Labute approximate surface area is 169 Å². The van der Waals surface area contributed by atoms with Gasteiger partial charge in [-0.3, -0.25) is 4.79 Å². The molecule has 5 nitrogen and oxygen atoms in total. The number of hydrogen-bond donors (Lipinski definition) is 5. The molecule has 0 unspecified atom stereocenters. The van der Waals surface area contributed by atoms with Crippen LogP contribution in [0.1, 0.15) is 44.2 Å². The fourth-order valence-corrected chi connectivity index (χ4v) is 2.88. The van der Waals surface area contributed by atoms with Gasteiger partial charge in [0.1, 0.15) is 12.4 Å². The molecule has 1 rings (SSSR count). The Balaban J connectivity index is 0.00000625. The predicted octanol–water partition coefficient (Wildman–Crippen LogP) is 3.26. The van der Waals surface area contributed by atoms with Gasteiger partial charge in [0.2, 0.25) is 5.91 Å². The Hall–Kier alpha value is -1.47. The molecule has 0 aromatic heterocycles. The Morgan fingerprint density at radius 3 is 2.46 bits per heavy atom. The lowest BCUT2D eigenvalue weighted by Crippen LogP contribution is -2.27. The number of nitrogens with one attached hydrogen (secondary N) is 2. The van der Waals surface area contributed by atoms with Crippen LogP contribution in [0.2, 0.25) is 0 Å². The van der Waals surface area contributed by atoms with Gasteiger partial charge in [-0.2, -0.15) is 25.3 Å². The highest BCUT2D eigenvalue weighted by molar-refractivity contribution is 7.79. The molecule has 0 aliphatic rings. The highest BCUT2D eigenvalue weighted by Crippen LogP contribution is 2.20. The molecule has 0 aliphatic carbocycles. The number of unbranched alkanes of at least 4 members (excludes halogenated alkanes) is 2. The molecule has 0 saturated heterocycles. The summed E-state index contributed by atoms with van der Waals surface area (Å²) in [6, 6.07) is 5.90. The first-order chi connectivity index (χ1) is 12.1. The second-order valence-corrected chi connectivity index (χ2v) is 6.34. The quantitative estimate of drug-likeness (QED) is 0.261. The summed E-state index contributed by atoms with van der Waals surface area (Å²) in [5, 5.41) is 5.84. The third kappa shape index (κ3) is 10.5. The molecule has 1 amide bonds. The van der Waals surface area contributed by atoms with Crippen LogP contribution in [0.4, 0.5) is 0 Å². The first-order valence-electron chi connectivity index (χ1n) is 8.48. The molecule has 0 fully saturated rings. The van der Waals surface area contributed by atoms with E-state index in [2.05, 4.69) is 42.5 Å². The third-order valence-corrected chi connectivity index (χ3v) is 4.33. The standard InChI is InChI=1S/C18H29N3O2S2.CH4/c1-14(19)20-8-4-2-3-5-18(22)21-9-10-23-17-7-6-15(12-24)16(11-17)13-25;/h6-7,11,20,24-25H,1-5,8-10,12-13,19H2,(H,21,22);1H4. The largest absolute Gasteiger partial charge is 0.492 e. The summed E-state index contributed by atoms with van der Waals surface area (Å²) in [4.78, 5) is 11.7. The molecule has 0 saturated carbocycles. The van der Waals surface area contributed by atoms with Crippen molar-refractivity contribution in [3.05, 3.63) is 41.7 Å². The average molecular weight is 400 g/mol. The highest BCUT2D eigenvalue weighted by atomic mass is 32.1. The molecule has 26 heavy (non-hydrogen) atoms. The number of ether oxygens (including phenoxy) is 1. The number of carbonyl (C=O) groups is 1. The number of thiol groups is 2. The van der Waals surface area contributed by atoms with Gasteiger partial charge in [0.15, 0.2) is 0 Å². The Bertz CT molecular complexity index is 554. The van der Waals surface area contributed by atoms with Crippen LogP contribution in [0.3, 0.4) is 0 Å². The maximum Gasteiger partial charge on any atom is 0.220 e. The van der Waals surface area contributed by atoms with E-state index in [9.17, 15) is 4.79 Å². The fraction of sp³-hybridized carbons (Fsp3) is 0.526. The second kappa shape index (κ2) is 14.7. The Morgan fingerprint density at radius 1 is 1.08 bits per heavy atom. The van der Waals surface area contributed by atoms with Crippen molar-refractivity contribution in [1.82, 2.24) is 10.6 Å². The van der Waals surface area contributed by atoms with Crippen molar-refractivity contribution in [2.45, 2.75) is 44.6 Å². The lowest BCUT2D eigenvalue weighted by molar-refractivity contribution is -0.121. The number of nitrogens with two attached hydrogens (primary N) is 1. The van der Waals surface area contributed by atoms with E-state index >= 15 is 0 Å². The lowest BCUT2D eigenvalue weighted by Gasteiger charge is -2.11. The SMILES string of the molecule is C.C=C(N)NCCCCCC(=O)NCCOc1ccc(CS)c(CS)c1. The molecule has 0 bridgehead atoms. The van der Waals surface area contributed by atoms with E-state index in [1.807, 2.05) is 18.2 Å². The minimum Gasteiger partial charge on any atom is -0.492 e. The van der Waals surface area contributed by atoms with E-state index in [1.54, 1.807) is 0 Å². The van der Waals surface area contributed by atoms with Crippen LogP contribution in [0, 0.1) is 0 Å². The monoisotopic (exact) mass is 399 g/mol. The Morgan fingerprint density at radius 2 is 1.81 bits per heavy atom. The maximum atomic E-state index is 11.7. The van der Waals surface area contributed by atoms with Gasteiger partial charge < -0.3 is 21.1 Å². The van der Waals surface area contributed by atoms with Crippen molar-refractivity contribution in [3.8, 4) is 5.75 Å². The molecule has 0 spiro atoms. The summed E-state index contributed by atoms with van der Waals surface area (Å²) < 4.78 is 5.68. The molecule has 1 aromatic rings. The zero-order chi connectivity index (χ0) is 18.5. The van der Waals surface area contributed by atoms with Gasteiger partial charge in [0.25, 0.3) is 0 Å². The van der Waals surface area contributed by atoms with E-state index in [-0.39, 0.29) is 13.3 Å². The van der Waals surface area contributed by atoms with Gasteiger partial charge in [-0.15, -0.1) is 0 Å². The zero-order valence-electron chi connectivity index (χ0n) is 14.6. The van der Waals surface area contributed by atoms with E-state index in [0.29, 0.717) is 36.9 Å². The molecule has 0 aliphatic heterocycles. The van der Waals surface area contributed by atoms with Gasteiger partial charge in [0.05, 0.1) is 12.4 Å². The van der Waals surface area contributed by atoms with Crippen LogP contribution in [0.5, 0.6) is 5.75 Å². The van der Waals surface area contributed by atoms with Crippen LogP contribution >= 0.6 is 25.3 Å². The smallest absolute Gasteiger partial charge is 0.220 e. The summed E-state index contributed by atoms with van der Waals surface area (Å²) in [5.74, 6) is 2.67. The summed E-state index contributed by atoms with van der Waals surface area (Å²) in [6.07, 6.45) is 3.35. The highest BCUT2D eigenvalue weighted by Gasteiger charge is 2.04. The number of rotatable bonds is 13.